The number of carbonyl (C=O) groups excluding carboxylic acids is 1. The van der Waals surface area contributed by atoms with Gasteiger partial charge in [-0.2, -0.15) is 0 Å². The third kappa shape index (κ3) is 3.02. The maximum Gasteiger partial charge on any atom is 0.188 e. The molecule has 0 fully saturated rings. The van der Waals surface area contributed by atoms with Gasteiger partial charge in [0.05, 0.1) is 7.11 Å². The summed E-state index contributed by atoms with van der Waals surface area (Å²) in [4.78, 5) is 11.5. The molecule has 0 aliphatic rings. The number of halogens is 1. The lowest BCUT2D eigenvalue weighted by molar-refractivity contribution is 0.0783. The highest BCUT2D eigenvalue weighted by Gasteiger charge is 2.09. The van der Waals surface area contributed by atoms with Crippen LogP contribution < -0.4 is 4.74 Å². The topological polar surface area (TPSA) is 35.5 Å². The fourth-order valence-corrected chi connectivity index (χ4v) is 1.11. The van der Waals surface area contributed by atoms with E-state index in [4.69, 9.17) is 9.47 Å². The fraction of sp³-hybridized carbons (Fsp3) is 0.364. The van der Waals surface area contributed by atoms with Crippen molar-refractivity contribution < 1.29 is 18.7 Å². The van der Waals surface area contributed by atoms with Crippen molar-refractivity contribution >= 4 is 5.78 Å². The first kappa shape index (κ1) is 11.7. The molecule has 0 heterocycles. The lowest BCUT2D eigenvalue weighted by Crippen LogP contribution is -2.09. The van der Waals surface area contributed by atoms with Crippen LogP contribution in [0.2, 0.25) is 0 Å². The minimum absolute atomic E-state index is 0.00524. The number of hydrogen-bond acceptors (Lipinski definition) is 3. The lowest BCUT2D eigenvalue weighted by atomic mass is 10.1. The van der Waals surface area contributed by atoms with Gasteiger partial charge in [0.25, 0.3) is 0 Å². The van der Waals surface area contributed by atoms with Gasteiger partial charge < -0.3 is 9.47 Å². The first-order valence-corrected chi connectivity index (χ1v) is 4.63. The van der Waals surface area contributed by atoms with E-state index in [0.717, 1.165) is 0 Å². The Morgan fingerprint density at radius 2 is 2.20 bits per heavy atom. The second-order valence-electron chi connectivity index (χ2n) is 2.91. The van der Waals surface area contributed by atoms with Crippen LogP contribution in [0.1, 0.15) is 17.3 Å². The molecule has 82 valence electrons. The molecule has 0 bridgehead atoms. The zero-order valence-electron chi connectivity index (χ0n) is 8.75. The number of Topliss-reactive ketones (excluding diaryl/α,β-unsaturated/α-hetero) is 1. The minimum Gasteiger partial charge on any atom is -0.494 e. The Morgan fingerprint density at radius 1 is 1.47 bits per heavy atom. The highest BCUT2D eigenvalue weighted by atomic mass is 19.1. The van der Waals surface area contributed by atoms with Crippen molar-refractivity contribution in [3.05, 3.63) is 29.6 Å². The summed E-state index contributed by atoms with van der Waals surface area (Å²) < 4.78 is 22.8. The van der Waals surface area contributed by atoms with E-state index in [0.29, 0.717) is 12.2 Å². The summed E-state index contributed by atoms with van der Waals surface area (Å²) in [7, 11) is 1.36. The number of methoxy groups -OCH3 is 1. The van der Waals surface area contributed by atoms with Gasteiger partial charge >= 0.3 is 0 Å². The molecule has 0 spiro atoms. The molecule has 3 nitrogen and oxygen atoms in total. The Balaban J connectivity index is 2.81. The van der Waals surface area contributed by atoms with Gasteiger partial charge in [-0.05, 0) is 25.1 Å². The molecule has 0 unspecified atom stereocenters. The van der Waals surface area contributed by atoms with Gasteiger partial charge in [-0.1, -0.05) is 0 Å². The van der Waals surface area contributed by atoms with Crippen LogP contribution in [0.15, 0.2) is 18.2 Å². The number of carbonyl (C=O) groups is 1. The number of rotatable bonds is 5. The van der Waals surface area contributed by atoms with Crippen molar-refractivity contribution in [3.8, 4) is 5.75 Å². The maximum absolute atomic E-state index is 13.0. The Bertz CT molecular complexity index is 350. The first-order valence-electron chi connectivity index (χ1n) is 4.63. The van der Waals surface area contributed by atoms with Crippen molar-refractivity contribution in [2.45, 2.75) is 6.92 Å². The summed E-state index contributed by atoms with van der Waals surface area (Å²) in [5.74, 6) is -0.599. The van der Waals surface area contributed by atoms with E-state index in [9.17, 15) is 9.18 Å². The van der Waals surface area contributed by atoms with E-state index in [1.54, 1.807) is 6.92 Å². The molecule has 0 amide bonds. The van der Waals surface area contributed by atoms with Crippen LogP contribution >= 0.6 is 0 Å². The largest absolute Gasteiger partial charge is 0.494 e. The predicted octanol–water partition coefficient (Wildman–Crippen LogP) is 2.05. The molecule has 15 heavy (non-hydrogen) atoms. The molecule has 0 aliphatic carbocycles. The van der Waals surface area contributed by atoms with Gasteiger partial charge in [0.15, 0.2) is 17.3 Å². The number of benzene rings is 1. The first-order chi connectivity index (χ1) is 7.19. The van der Waals surface area contributed by atoms with Gasteiger partial charge in [-0.25, -0.2) is 4.39 Å². The quantitative estimate of drug-likeness (QED) is 0.701. The molecule has 0 saturated carbocycles. The number of hydrogen-bond donors (Lipinski definition) is 0. The van der Waals surface area contributed by atoms with Crippen molar-refractivity contribution in [2.75, 3.05) is 20.3 Å². The van der Waals surface area contributed by atoms with Crippen LogP contribution in [0, 0.1) is 5.82 Å². The molecule has 0 radical (unpaired) electrons. The monoisotopic (exact) mass is 212 g/mol. The smallest absolute Gasteiger partial charge is 0.188 e. The molecular formula is C11H13FO3. The Labute approximate surface area is 87.8 Å². The standard InChI is InChI=1S/C11H13FO3/c1-3-15-7-10(13)8-4-5-9(12)11(6-8)14-2/h4-6H,3,7H2,1-2H3. The summed E-state index contributed by atoms with van der Waals surface area (Å²) in [6.45, 7) is 2.29. The zero-order valence-corrected chi connectivity index (χ0v) is 8.75. The predicted molar refractivity (Wildman–Crippen MR) is 53.8 cm³/mol. The van der Waals surface area contributed by atoms with Gasteiger partial charge in [0.1, 0.15) is 6.61 Å². The average molecular weight is 212 g/mol. The summed E-state index contributed by atoms with van der Waals surface area (Å²) in [6, 6.07) is 3.99. The van der Waals surface area contributed by atoms with E-state index < -0.39 is 5.82 Å². The number of ether oxygens (including phenoxy) is 2. The van der Waals surface area contributed by atoms with E-state index in [1.807, 2.05) is 0 Å². The third-order valence-electron chi connectivity index (χ3n) is 1.91. The van der Waals surface area contributed by atoms with Crippen molar-refractivity contribution in [1.29, 1.82) is 0 Å². The number of ketones is 1. The average Bonchev–Trinajstić information content (AvgIpc) is 2.26. The van der Waals surface area contributed by atoms with Gasteiger partial charge in [-0.3, -0.25) is 4.79 Å². The van der Waals surface area contributed by atoms with E-state index in [1.165, 1.54) is 25.3 Å². The molecular weight excluding hydrogens is 199 g/mol. The van der Waals surface area contributed by atoms with Crippen molar-refractivity contribution in [3.63, 3.8) is 0 Å². The van der Waals surface area contributed by atoms with Gasteiger partial charge in [0.2, 0.25) is 0 Å². The fourth-order valence-electron chi connectivity index (χ4n) is 1.11. The SMILES string of the molecule is CCOCC(=O)c1ccc(F)c(OC)c1. The molecule has 1 aromatic carbocycles. The summed E-state index contributed by atoms with van der Waals surface area (Å²) in [6.07, 6.45) is 0. The summed E-state index contributed by atoms with van der Waals surface area (Å²) >= 11 is 0. The Morgan fingerprint density at radius 3 is 2.80 bits per heavy atom. The normalized spacial score (nSPS) is 10.1. The summed E-state index contributed by atoms with van der Waals surface area (Å²) in [5, 5.41) is 0. The van der Waals surface area contributed by atoms with Crippen LogP contribution in [-0.4, -0.2) is 26.1 Å². The molecule has 0 aromatic heterocycles. The summed E-state index contributed by atoms with van der Waals surface area (Å²) in [5.41, 5.74) is 0.390. The molecule has 1 rings (SSSR count). The van der Waals surface area contributed by atoms with E-state index >= 15 is 0 Å². The van der Waals surface area contributed by atoms with Crippen LogP contribution in [0.4, 0.5) is 4.39 Å². The second-order valence-corrected chi connectivity index (χ2v) is 2.91. The minimum atomic E-state index is -0.481. The molecule has 0 aliphatic heterocycles. The Kier molecular flexibility index (Phi) is 4.24. The van der Waals surface area contributed by atoms with E-state index in [2.05, 4.69) is 0 Å². The van der Waals surface area contributed by atoms with Crippen molar-refractivity contribution in [1.82, 2.24) is 0 Å². The highest BCUT2D eigenvalue weighted by molar-refractivity contribution is 5.97. The zero-order chi connectivity index (χ0) is 11.3. The molecule has 0 N–H and O–H groups in total. The van der Waals surface area contributed by atoms with Gasteiger partial charge in [0, 0.05) is 12.2 Å². The molecule has 0 saturated heterocycles. The Hall–Kier alpha value is -1.42. The van der Waals surface area contributed by atoms with Crippen LogP contribution in [0.5, 0.6) is 5.75 Å². The molecule has 4 heteroatoms. The third-order valence-corrected chi connectivity index (χ3v) is 1.91. The molecule has 0 atom stereocenters. The van der Waals surface area contributed by atoms with Gasteiger partial charge in [-0.15, -0.1) is 0 Å². The lowest BCUT2D eigenvalue weighted by Gasteiger charge is -2.05. The van der Waals surface area contributed by atoms with Crippen LogP contribution in [-0.2, 0) is 4.74 Å². The maximum atomic E-state index is 13.0. The van der Waals surface area contributed by atoms with Crippen LogP contribution in [0.25, 0.3) is 0 Å². The second kappa shape index (κ2) is 5.46. The van der Waals surface area contributed by atoms with E-state index in [-0.39, 0.29) is 18.1 Å². The van der Waals surface area contributed by atoms with Crippen LogP contribution in [0.3, 0.4) is 0 Å². The highest BCUT2D eigenvalue weighted by Crippen LogP contribution is 2.18. The molecule has 1 aromatic rings. The van der Waals surface area contributed by atoms with Crippen molar-refractivity contribution in [2.24, 2.45) is 0 Å².